The lowest BCUT2D eigenvalue weighted by Gasteiger charge is -2.41. The van der Waals surface area contributed by atoms with Gasteiger partial charge in [-0.05, 0) is 61.6 Å². The topological polar surface area (TPSA) is 159 Å². The first-order chi connectivity index (χ1) is 20.5. The minimum atomic E-state index is -1.35. The van der Waals surface area contributed by atoms with E-state index in [0.29, 0.717) is 22.3 Å². The summed E-state index contributed by atoms with van der Waals surface area (Å²) in [6, 6.07) is 8.32. The van der Waals surface area contributed by atoms with Gasteiger partial charge in [-0.1, -0.05) is 29.9 Å². The van der Waals surface area contributed by atoms with Gasteiger partial charge in [0.05, 0.1) is 24.6 Å². The summed E-state index contributed by atoms with van der Waals surface area (Å²) in [5, 5.41) is 29.5. The summed E-state index contributed by atoms with van der Waals surface area (Å²) in [7, 11) is 1.43. The summed E-state index contributed by atoms with van der Waals surface area (Å²) in [6.07, 6.45) is 7.11. The van der Waals surface area contributed by atoms with E-state index in [4.69, 9.17) is 4.74 Å². The molecule has 1 saturated heterocycles. The monoisotopic (exact) mass is 581 g/mol. The average molecular weight is 582 g/mol. The van der Waals surface area contributed by atoms with Crippen molar-refractivity contribution in [3.8, 4) is 17.2 Å². The van der Waals surface area contributed by atoms with Crippen LogP contribution in [-0.2, 0) is 19.2 Å². The molecule has 218 valence electrons. The first kappa shape index (κ1) is 27.9. The minimum Gasteiger partial charge on any atom is -0.507 e. The molecule has 4 atom stereocenters. The van der Waals surface area contributed by atoms with Crippen molar-refractivity contribution >= 4 is 41.1 Å². The lowest BCUT2D eigenvalue weighted by Crippen LogP contribution is -2.40. The number of benzene rings is 2. The van der Waals surface area contributed by atoms with Crippen LogP contribution in [0.3, 0.4) is 0 Å². The number of hydrogen-bond acceptors (Lipinski definition) is 8. The number of ketones is 2. The molecule has 4 aliphatic rings. The minimum absolute atomic E-state index is 0.0306. The Morgan fingerprint density at radius 1 is 1.00 bits per heavy atom. The fourth-order valence-electron chi connectivity index (χ4n) is 6.76. The van der Waals surface area contributed by atoms with Gasteiger partial charge in [0.1, 0.15) is 11.3 Å². The van der Waals surface area contributed by atoms with Crippen LogP contribution in [0.5, 0.6) is 17.2 Å². The van der Waals surface area contributed by atoms with Crippen LogP contribution in [0.15, 0.2) is 76.9 Å². The molecule has 4 unspecified atom stereocenters. The predicted molar refractivity (Wildman–Crippen MR) is 153 cm³/mol. The molecule has 2 aromatic carbocycles. The number of carbonyl (C=O) groups excluding carboxylic acids is 4. The summed E-state index contributed by atoms with van der Waals surface area (Å²) < 4.78 is 5.20. The molecule has 0 aromatic heterocycles. The van der Waals surface area contributed by atoms with Crippen LogP contribution in [0.1, 0.15) is 35.7 Å². The summed E-state index contributed by atoms with van der Waals surface area (Å²) in [4.78, 5) is 66.5. The molecule has 0 spiro atoms. The van der Waals surface area contributed by atoms with Crippen LogP contribution in [0.2, 0.25) is 0 Å². The molecule has 1 heterocycles. The number of anilines is 1. The van der Waals surface area contributed by atoms with Crippen LogP contribution in [0.25, 0.3) is 6.08 Å². The first-order valence-corrected chi connectivity index (χ1v) is 13.7. The Morgan fingerprint density at radius 3 is 2.47 bits per heavy atom. The molecular formula is C33H27NO9. The van der Waals surface area contributed by atoms with E-state index in [1.807, 2.05) is 6.08 Å². The van der Waals surface area contributed by atoms with E-state index < -0.39 is 47.2 Å². The summed E-state index contributed by atoms with van der Waals surface area (Å²) in [6.45, 7) is 1.58. The Kier molecular flexibility index (Phi) is 6.64. The van der Waals surface area contributed by atoms with Crippen LogP contribution in [-0.4, -0.2) is 51.8 Å². The molecule has 0 radical (unpaired) electrons. The highest BCUT2D eigenvalue weighted by Crippen LogP contribution is 2.53. The van der Waals surface area contributed by atoms with Crippen molar-refractivity contribution in [2.75, 3.05) is 12.0 Å². The zero-order chi connectivity index (χ0) is 30.7. The Hall–Kier alpha value is -5.25. The van der Waals surface area contributed by atoms with Gasteiger partial charge in [-0.15, -0.1) is 0 Å². The Labute approximate surface area is 245 Å². The zero-order valence-electron chi connectivity index (χ0n) is 23.2. The standard InChI is InChI=1S/C33H27NO9/c1-15-11-26(37)28-19(6-3-16-4-10-24(35)27(12-16)43-2)18-8-9-21-29(22(18)14-23(28)30(15)38)32(40)34(31(21)39)17-5-7-20(33(41)42)25(36)13-17/h3-8,10-13,19,21-22,29,35-36H,9,14H2,1-2H3,(H,41,42). The molecule has 0 bridgehead atoms. The second kappa shape index (κ2) is 10.2. The van der Waals surface area contributed by atoms with Gasteiger partial charge in [0, 0.05) is 28.7 Å². The van der Waals surface area contributed by atoms with E-state index in [-0.39, 0.29) is 47.2 Å². The van der Waals surface area contributed by atoms with Crippen molar-refractivity contribution in [1.82, 2.24) is 0 Å². The number of hydrogen-bond donors (Lipinski definition) is 3. The van der Waals surface area contributed by atoms with E-state index in [2.05, 4.69) is 0 Å². The molecule has 0 saturated carbocycles. The fourth-order valence-corrected chi connectivity index (χ4v) is 6.76. The third-order valence-electron chi connectivity index (χ3n) is 8.77. The lowest BCUT2D eigenvalue weighted by molar-refractivity contribution is -0.123. The van der Waals surface area contributed by atoms with E-state index in [9.17, 15) is 39.3 Å². The number of rotatable bonds is 5. The van der Waals surface area contributed by atoms with E-state index >= 15 is 0 Å². The zero-order valence-corrected chi connectivity index (χ0v) is 23.2. The molecule has 3 aliphatic carbocycles. The number of allylic oxidation sites excluding steroid dienone is 7. The second-order valence-corrected chi connectivity index (χ2v) is 11.1. The number of nitrogens with zero attached hydrogens (tertiary/aromatic N) is 1. The maximum atomic E-state index is 13.9. The Morgan fingerprint density at radius 2 is 1.77 bits per heavy atom. The number of ether oxygens (including phenoxy) is 1. The highest BCUT2D eigenvalue weighted by atomic mass is 16.5. The van der Waals surface area contributed by atoms with Gasteiger partial charge in [-0.2, -0.15) is 0 Å². The number of carbonyl (C=O) groups is 5. The quantitative estimate of drug-likeness (QED) is 0.270. The Bertz CT molecular complexity index is 1780. The number of aromatic hydroxyl groups is 2. The largest absolute Gasteiger partial charge is 0.507 e. The summed E-state index contributed by atoms with van der Waals surface area (Å²) in [5.41, 5.74) is 2.12. The van der Waals surface area contributed by atoms with Crippen LogP contribution < -0.4 is 9.64 Å². The number of aromatic carboxylic acids is 1. The van der Waals surface area contributed by atoms with Crippen molar-refractivity contribution in [3.05, 3.63) is 88.0 Å². The van der Waals surface area contributed by atoms with Crippen LogP contribution >= 0.6 is 0 Å². The van der Waals surface area contributed by atoms with Crippen molar-refractivity contribution in [2.45, 2.75) is 19.8 Å². The number of Topliss-reactive ketones (excluding diaryl/α,β-unsaturated/α-hetero) is 1. The summed E-state index contributed by atoms with van der Waals surface area (Å²) >= 11 is 0. The number of imide groups is 1. The van der Waals surface area contributed by atoms with Crippen molar-refractivity contribution in [2.24, 2.45) is 23.7 Å². The lowest BCUT2D eigenvalue weighted by atomic mass is 9.60. The van der Waals surface area contributed by atoms with Gasteiger partial charge in [-0.25, -0.2) is 9.69 Å². The van der Waals surface area contributed by atoms with Gasteiger partial charge in [0.25, 0.3) is 0 Å². The normalized spacial score (nSPS) is 24.9. The average Bonchev–Trinajstić information content (AvgIpc) is 3.23. The Balaban J connectivity index is 1.41. The molecule has 3 N–H and O–H groups in total. The first-order valence-electron chi connectivity index (χ1n) is 13.7. The van der Waals surface area contributed by atoms with Gasteiger partial charge < -0.3 is 20.1 Å². The van der Waals surface area contributed by atoms with Gasteiger partial charge >= 0.3 is 5.97 Å². The maximum absolute atomic E-state index is 13.9. The molecule has 1 aliphatic heterocycles. The van der Waals surface area contributed by atoms with Gasteiger partial charge in [0.15, 0.2) is 23.1 Å². The van der Waals surface area contributed by atoms with Crippen molar-refractivity contribution in [1.29, 1.82) is 0 Å². The van der Waals surface area contributed by atoms with Crippen LogP contribution in [0, 0.1) is 23.7 Å². The SMILES string of the molecule is COc1cc(C=CC2C3=CCC4C(=O)N(c5ccc(C(=O)O)c(O)c5)C(=O)C4C3CC3=C2C(=O)C=C(C)C3=O)ccc1O. The van der Waals surface area contributed by atoms with E-state index in [1.54, 1.807) is 31.2 Å². The molecule has 6 rings (SSSR count). The van der Waals surface area contributed by atoms with Crippen molar-refractivity contribution < 1.29 is 44.0 Å². The number of carboxylic acids is 1. The highest BCUT2D eigenvalue weighted by Gasteiger charge is 2.56. The third-order valence-corrected chi connectivity index (χ3v) is 8.77. The molecular weight excluding hydrogens is 554 g/mol. The van der Waals surface area contributed by atoms with Gasteiger partial charge in [0.2, 0.25) is 11.8 Å². The maximum Gasteiger partial charge on any atom is 0.339 e. The number of amides is 2. The number of phenols is 2. The fraction of sp³-hybridized carbons (Fsp3) is 0.242. The molecule has 10 nitrogen and oxygen atoms in total. The van der Waals surface area contributed by atoms with Gasteiger partial charge in [-0.3, -0.25) is 19.2 Å². The molecule has 2 aromatic rings. The number of methoxy groups -OCH3 is 1. The van der Waals surface area contributed by atoms with Crippen LogP contribution in [0.4, 0.5) is 5.69 Å². The number of phenolic OH excluding ortho intramolecular Hbond substituents is 1. The second-order valence-electron chi connectivity index (χ2n) is 11.1. The molecule has 1 fully saturated rings. The predicted octanol–water partition coefficient (Wildman–Crippen LogP) is 3.98. The van der Waals surface area contributed by atoms with Crippen molar-refractivity contribution in [3.63, 3.8) is 0 Å². The highest BCUT2D eigenvalue weighted by molar-refractivity contribution is 6.25. The van der Waals surface area contributed by atoms with E-state index in [1.165, 1.54) is 25.3 Å². The third kappa shape index (κ3) is 4.37. The smallest absolute Gasteiger partial charge is 0.339 e. The number of carboxylic acid groups (broad SMARTS) is 1. The van der Waals surface area contributed by atoms with E-state index in [0.717, 1.165) is 22.6 Å². The summed E-state index contributed by atoms with van der Waals surface area (Å²) in [5.74, 6) is -5.94. The number of fused-ring (bicyclic) bond motifs is 3. The molecule has 2 amide bonds. The molecule has 43 heavy (non-hydrogen) atoms. The molecule has 10 heteroatoms.